The van der Waals surface area contributed by atoms with Crippen LogP contribution >= 0.6 is 11.6 Å². The van der Waals surface area contributed by atoms with Gasteiger partial charge in [-0.15, -0.1) is 0 Å². The lowest BCUT2D eigenvalue weighted by Crippen LogP contribution is -2.23. The van der Waals surface area contributed by atoms with Crippen molar-refractivity contribution in [3.63, 3.8) is 0 Å². The number of halogens is 1. The van der Waals surface area contributed by atoms with E-state index in [1.807, 2.05) is 6.07 Å². The van der Waals surface area contributed by atoms with Gasteiger partial charge >= 0.3 is 0 Å². The van der Waals surface area contributed by atoms with Gasteiger partial charge in [-0.05, 0) is 26.0 Å². The minimum atomic E-state index is -0.117. The average molecular weight is 215 g/mol. The average Bonchev–Trinajstić information content (AvgIpc) is 2.22. The maximum Gasteiger partial charge on any atom is 0.128 e. The normalized spacial score (nSPS) is 10.3. The molecule has 0 atom stereocenters. The zero-order chi connectivity index (χ0) is 10.6. The molecule has 1 heterocycles. The van der Waals surface area contributed by atoms with Crippen LogP contribution in [-0.4, -0.2) is 23.2 Å². The van der Waals surface area contributed by atoms with Gasteiger partial charge < -0.3 is 10.0 Å². The summed E-state index contributed by atoms with van der Waals surface area (Å²) in [6.07, 6.45) is 0. The van der Waals surface area contributed by atoms with Crippen LogP contribution < -0.4 is 4.90 Å². The largest absolute Gasteiger partial charge is 0.390 e. The molecule has 3 nitrogen and oxygen atoms in total. The number of pyridine rings is 1. The summed E-state index contributed by atoms with van der Waals surface area (Å²) >= 11 is 5.85. The molecule has 0 fully saturated rings. The first-order chi connectivity index (χ1) is 6.72. The van der Waals surface area contributed by atoms with Crippen LogP contribution in [0, 0.1) is 0 Å². The fourth-order valence-corrected chi connectivity index (χ4v) is 1.47. The van der Waals surface area contributed by atoms with Gasteiger partial charge in [-0.3, -0.25) is 0 Å². The van der Waals surface area contributed by atoms with Crippen LogP contribution in [0.25, 0.3) is 0 Å². The third-order valence-corrected chi connectivity index (χ3v) is 2.49. The lowest BCUT2D eigenvalue weighted by atomic mass is 10.3. The molecule has 0 amide bonds. The van der Waals surface area contributed by atoms with Gasteiger partial charge in [0.05, 0.1) is 17.3 Å². The number of nitrogens with zero attached hydrogens (tertiary/aromatic N) is 2. The highest BCUT2D eigenvalue weighted by Gasteiger charge is 2.06. The van der Waals surface area contributed by atoms with Gasteiger partial charge in [0.15, 0.2) is 0 Å². The van der Waals surface area contributed by atoms with E-state index in [2.05, 4.69) is 23.7 Å². The van der Waals surface area contributed by atoms with Crippen molar-refractivity contribution >= 4 is 17.4 Å². The highest BCUT2D eigenvalue weighted by Crippen LogP contribution is 2.18. The Labute approximate surface area is 89.3 Å². The van der Waals surface area contributed by atoms with Gasteiger partial charge in [-0.1, -0.05) is 11.6 Å². The van der Waals surface area contributed by atoms with Crippen molar-refractivity contribution in [2.45, 2.75) is 20.5 Å². The molecule has 0 aliphatic rings. The van der Waals surface area contributed by atoms with Gasteiger partial charge in [0, 0.05) is 13.1 Å². The molecule has 0 spiro atoms. The number of aliphatic hydroxyl groups excluding tert-OH is 1. The van der Waals surface area contributed by atoms with E-state index >= 15 is 0 Å². The van der Waals surface area contributed by atoms with Crippen LogP contribution in [0.3, 0.4) is 0 Å². The summed E-state index contributed by atoms with van der Waals surface area (Å²) < 4.78 is 0. The second kappa shape index (κ2) is 5.17. The molecule has 0 unspecified atom stereocenters. The molecular formula is C10H15ClN2O. The predicted octanol–water partition coefficient (Wildman–Crippen LogP) is 2.07. The Morgan fingerprint density at radius 1 is 1.36 bits per heavy atom. The van der Waals surface area contributed by atoms with E-state index in [-0.39, 0.29) is 6.61 Å². The third kappa shape index (κ3) is 2.36. The molecule has 0 radical (unpaired) electrons. The van der Waals surface area contributed by atoms with E-state index in [4.69, 9.17) is 16.7 Å². The Balaban J connectivity index is 2.98. The smallest absolute Gasteiger partial charge is 0.128 e. The number of aliphatic hydroxyl groups is 1. The molecule has 0 bridgehead atoms. The fourth-order valence-electron chi connectivity index (χ4n) is 1.31. The summed E-state index contributed by atoms with van der Waals surface area (Å²) in [5.41, 5.74) is 0.538. The van der Waals surface area contributed by atoms with Crippen LogP contribution in [0.2, 0.25) is 5.02 Å². The molecule has 14 heavy (non-hydrogen) atoms. The standard InChI is InChI=1S/C10H15ClN2O/c1-3-13(4-2)10-6-5-8(11)9(7-14)12-10/h5-6,14H,3-4,7H2,1-2H3. The number of aromatic nitrogens is 1. The number of hydrogen-bond acceptors (Lipinski definition) is 3. The molecule has 1 rings (SSSR count). The van der Waals surface area contributed by atoms with E-state index in [1.165, 1.54) is 0 Å². The Morgan fingerprint density at radius 3 is 2.50 bits per heavy atom. The molecule has 0 aliphatic heterocycles. The summed E-state index contributed by atoms with van der Waals surface area (Å²) in [5.74, 6) is 0.864. The van der Waals surface area contributed by atoms with Gasteiger partial charge in [0.2, 0.25) is 0 Å². The quantitative estimate of drug-likeness (QED) is 0.834. The third-order valence-electron chi connectivity index (χ3n) is 2.14. The summed E-state index contributed by atoms with van der Waals surface area (Å²) in [5, 5.41) is 9.52. The molecule has 1 N–H and O–H groups in total. The Morgan fingerprint density at radius 2 is 2.00 bits per heavy atom. The highest BCUT2D eigenvalue weighted by molar-refractivity contribution is 6.31. The van der Waals surface area contributed by atoms with Crippen molar-refractivity contribution in [3.8, 4) is 0 Å². The molecule has 1 aromatic heterocycles. The van der Waals surface area contributed by atoms with Crippen molar-refractivity contribution in [3.05, 3.63) is 22.8 Å². The molecule has 0 saturated carbocycles. The van der Waals surface area contributed by atoms with Crippen molar-refractivity contribution in [2.75, 3.05) is 18.0 Å². The molecule has 0 saturated heterocycles. The summed E-state index contributed by atoms with van der Waals surface area (Å²) in [6.45, 7) is 5.82. The van der Waals surface area contributed by atoms with Crippen molar-refractivity contribution in [2.24, 2.45) is 0 Å². The SMILES string of the molecule is CCN(CC)c1ccc(Cl)c(CO)n1. The number of rotatable bonds is 4. The van der Waals surface area contributed by atoms with E-state index in [0.717, 1.165) is 18.9 Å². The van der Waals surface area contributed by atoms with Crippen LogP contribution in [0.15, 0.2) is 12.1 Å². The van der Waals surface area contributed by atoms with E-state index in [9.17, 15) is 0 Å². The Hall–Kier alpha value is -0.800. The monoisotopic (exact) mass is 214 g/mol. The van der Waals surface area contributed by atoms with E-state index < -0.39 is 0 Å². The second-order valence-corrected chi connectivity index (χ2v) is 3.34. The number of anilines is 1. The second-order valence-electron chi connectivity index (χ2n) is 2.93. The van der Waals surface area contributed by atoms with Crippen LogP contribution in [0.5, 0.6) is 0 Å². The lowest BCUT2D eigenvalue weighted by molar-refractivity contribution is 0.277. The fraction of sp³-hybridized carbons (Fsp3) is 0.500. The maximum absolute atomic E-state index is 9.00. The first-order valence-electron chi connectivity index (χ1n) is 4.74. The predicted molar refractivity (Wildman–Crippen MR) is 58.7 cm³/mol. The first kappa shape index (κ1) is 11.3. The van der Waals surface area contributed by atoms with Crippen LogP contribution in [0.4, 0.5) is 5.82 Å². The Kier molecular flexibility index (Phi) is 4.17. The van der Waals surface area contributed by atoms with Gasteiger partial charge in [-0.25, -0.2) is 4.98 Å². The first-order valence-corrected chi connectivity index (χ1v) is 5.11. The van der Waals surface area contributed by atoms with Crippen LogP contribution in [-0.2, 0) is 6.61 Å². The topological polar surface area (TPSA) is 36.4 Å². The molecule has 1 aromatic rings. The summed E-state index contributed by atoms with van der Waals surface area (Å²) in [6, 6.07) is 3.64. The van der Waals surface area contributed by atoms with Crippen molar-refractivity contribution in [1.29, 1.82) is 0 Å². The molecule has 4 heteroatoms. The minimum absolute atomic E-state index is 0.117. The molecule has 78 valence electrons. The number of hydrogen-bond donors (Lipinski definition) is 1. The zero-order valence-electron chi connectivity index (χ0n) is 8.50. The van der Waals surface area contributed by atoms with Gasteiger partial charge in [0.1, 0.15) is 5.82 Å². The lowest BCUT2D eigenvalue weighted by Gasteiger charge is -2.20. The van der Waals surface area contributed by atoms with Crippen molar-refractivity contribution in [1.82, 2.24) is 4.98 Å². The van der Waals surface area contributed by atoms with Gasteiger partial charge in [-0.2, -0.15) is 0 Å². The van der Waals surface area contributed by atoms with Gasteiger partial charge in [0.25, 0.3) is 0 Å². The zero-order valence-corrected chi connectivity index (χ0v) is 9.25. The molecule has 0 aliphatic carbocycles. The summed E-state index contributed by atoms with van der Waals surface area (Å²) in [4.78, 5) is 6.38. The molecular weight excluding hydrogens is 200 g/mol. The minimum Gasteiger partial charge on any atom is -0.390 e. The summed E-state index contributed by atoms with van der Waals surface area (Å²) in [7, 11) is 0. The maximum atomic E-state index is 9.00. The van der Waals surface area contributed by atoms with E-state index in [0.29, 0.717) is 10.7 Å². The Bertz CT molecular complexity index is 300. The van der Waals surface area contributed by atoms with Crippen LogP contribution in [0.1, 0.15) is 19.5 Å². The van der Waals surface area contributed by atoms with Crippen molar-refractivity contribution < 1.29 is 5.11 Å². The highest BCUT2D eigenvalue weighted by atomic mass is 35.5. The van der Waals surface area contributed by atoms with E-state index in [1.54, 1.807) is 6.07 Å². The molecule has 0 aromatic carbocycles.